The average molecular weight is 310 g/mol. The first kappa shape index (κ1) is 13.6. The molecule has 3 heteroatoms. The second kappa shape index (κ2) is 5.43. The van der Waals surface area contributed by atoms with Crippen LogP contribution in [0.3, 0.4) is 0 Å². The third-order valence-electron chi connectivity index (χ3n) is 3.67. The van der Waals surface area contributed by atoms with Crippen molar-refractivity contribution in [3.8, 4) is 0 Å². The Morgan fingerprint density at radius 3 is 2.67 bits per heavy atom. The van der Waals surface area contributed by atoms with E-state index in [1.54, 1.807) is 0 Å². The molecular weight excluding hydrogens is 290 g/mol. The molecule has 0 atom stereocenters. The van der Waals surface area contributed by atoms with Crippen molar-refractivity contribution in [2.45, 2.75) is 39.5 Å². The standard InChI is InChI=1S/C15H20BrNO/c1-3-4-15(5-6-15)10-17-14(18)12-7-11(2)8-13(16)9-12/h7-9H,3-6,10H2,1-2H3,(H,17,18). The van der Waals surface area contributed by atoms with Crippen LogP contribution in [-0.2, 0) is 0 Å². The molecule has 1 N–H and O–H groups in total. The molecule has 0 saturated heterocycles. The minimum absolute atomic E-state index is 0.0433. The highest BCUT2D eigenvalue weighted by molar-refractivity contribution is 9.10. The number of aryl methyl sites for hydroxylation is 1. The number of halogens is 1. The van der Waals surface area contributed by atoms with E-state index in [0.29, 0.717) is 5.41 Å². The van der Waals surface area contributed by atoms with Gasteiger partial charge in [-0.15, -0.1) is 0 Å². The van der Waals surface area contributed by atoms with E-state index in [1.807, 2.05) is 25.1 Å². The number of hydrogen-bond acceptors (Lipinski definition) is 1. The van der Waals surface area contributed by atoms with Gasteiger partial charge in [0.1, 0.15) is 0 Å². The molecule has 2 nitrogen and oxygen atoms in total. The van der Waals surface area contributed by atoms with Crippen molar-refractivity contribution in [1.29, 1.82) is 0 Å². The van der Waals surface area contributed by atoms with Gasteiger partial charge in [0, 0.05) is 16.6 Å². The fraction of sp³-hybridized carbons (Fsp3) is 0.533. The zero-order valence-electron chi connectivity index (χ0n) is 11.1. The van der Waals surface area contributed by atoms with Gasteiger partial charge in [0.25, 0.3) is 5.91 Å². The van der Waals surface area contributed by atoms with Crippen LogP contribution in [0, 0.1) is 12.3 Å². The molecule has 1 fully saturated rings. The van der Waals surface area contributed by atoms with Crippen molar-refractivity contribution >= 4 is 21.8 Å². The summed E-state index contributed by atoms with van der Waals surface area (Å²) in [6, 6.07) is 5.82. The van der Waals surface area contributed by atoms with Crippen molar-refractivity contribution in [2.24, 2.45) is 5.41 Å². The molecule has 2 rings (SSSR count). The first-order valence-corrected chi connectivity index (χ1v) is 7.39. The van der Waals surface area contributed by atoms with E-state index in [4.69, 9.17) is 0 Å². The summed E-state index contributed by atoms with van der Waals surface area (Å²) in [5.41, 5.74) is 2.25. The Balaban J connectivity index is 1.95. The van der Waals surface area contributed by atoms with E-state index in [9.17, 15) is 4.79 Å². The highest BCUT2D eigenvalue weighted by Crippen LogP contribution is 2.48. The lowest BCUT2D eigenvalue weighted by Gasteiger charge is -2.15. The van der Waals surface area contributed by atoms with E-state index in [0.717, 1.165) is 22.1 Å². The van der Waals surface area contributed by atoms with Gasteiger partial charge in [-0.3, -0.25) is 4.79 Å². The van der Waals surface area contributed by atoms with Crippen LogP contribution in [0.4, 0.5) is 0 Å². The number of amides is 1. The van der Waals surface area contributed by atoms with Gasteiger partial charge in [-0.25, -0.2) is 0 Å². The quantitative estimate of drug-likeness (QED) is 0.873. The van der Waals surface area contributed by atoms with E-state index < -0.39 is 0 Å². The Labute approximate surface area is 117 Å². The summed E-state index contributed by atoms with van der Waals surface area (Å²) in [5.74, 6) is 0.0433. The number of rotatable bonds is 5. The predicted octanol–water partition coefficient (Wildman–Crippen LogP) is 4.07. The SMILES string of the molecule is CCCC1(CNC(=O)c2cc(C)cc(Br)c2)CC1. The maximum Gasteiger partial charge on any atom is 0.251 e. The topological polar surface area (TPSA) is 29.1 Å². The number of benzene rings is 1. The lowest BCUT2D eigenvalue weighted by molar-refractivity contribution is 0.0943. The minimum atomic E-state index is 0.0433. The van der Waals surface area contributed by atoms with Crippen LogP contribution in [0.1, 0.15) is 48.5 Å². The van der Waals surface area contributed by atoms with Crippen LogP contribution in [-0.4, -0.2) is 12.5 Å². The second-order valence-corrected chi connectivity index (χ2v) is 6.37. The van der Waals surface area contributed by atoms with Crippen molar-refractivity contribution in [2.75, 3.05) is 6.54 Å². The molecular formula is C15H20BrNO. The highest BCUT2D eigenvalue weighted by Gasteiger charge is 2.41. The van der Waals surface area contributed by atoms with Crippen molar-refractivity contribution in [3.05, 3.63) is 33.8 Å². The van der Waals surface area contributed by atoms with E-state index in [-0.39, 0.29) is 5.91 Å². The van der Waals surface area contributed by atoms with Gasteiger partial charge in [0.15, 0.2) is 0 Å². The Kier molecular flexibility index (Phi) is 4.10. The van der Waals surface area contributed by atoms with Crippen molar-refractivity contribution < 1.29 is 4.79 Å². The van der Waals surface area contributed by atoms with Crippen molar-refractivity contribution in [3.63, 3.8) is 0 Å². The maximum atomic E-state index is 12.1. The molecule has 1 aromatic rings. The maximum absolute atomic E-state index is 12.1. The predicted molar refractivity (Wildman–Crippen MR) is 77.8 cm³/mol. The van der Waals surface area contributed by atoms with Gasteiger partial charge in [-0.1, -0.05) is 29.3 Å². The van der Waals surface area contributed by atoms with E-state index in [2.05, 4.69) is 28.2 Å². The Morgan fingerprint density at radius 1 is 1.39 bits per heavy atom. The first-order valence-electron chi connectivity index (χ1n) is 6.60. The summed E-state index contributed by atoms with van der Waals surface area (Å²) in [7, 11) is 0. The van der Waals surface area contributed by atoms with Crippen LogP contribution in [0.15, 0.2) is 22.7 Å². The lowest BCUT2D eigenvalue weighted by atomic mass is 10.0. The monoisotopic (exact) mass is 309 g/mol. The van der Waals surface area contributed by atoms with E-state index >= 15 is 0 Å². The molecule has 0 aliphatic heterocycles. The minimum Gasteiger partial charge on any atom is -0.351 e. The summed E-state index contributed by atoms with van der Waals surface area (Å²) in [5, 5.41) is 3.08. The molecule has 1 saturated carbocycles. The molecule has 1 aromatic carbocycles. The molecule has 98 valence electrons. The molecule has 0 aromatic heterocycles. The fourth-order valence-electron chi connectivity index (χ4n) is 2.46. The number of carbonyl (C=O) groups is 1. The number of nitrogens with one attached hydrogen (secondary N) is 1. The molecule has 18 heavy (non-hydrogen) atoms. The van der Waals surface area contributed by atoms with Gasteiger partial charge in [-0.05, 0) is 55.4 Å². The zero-order chi connectivity index (χ0) is 13.2. The van der Waals surface area contributed by atoms with Crippen LogP contribution >= 0.6 is 15.9 Å². The largest absolute Gasteiger partial charge is 0.351 e. The average Bonchev–Trinajstić information content (AvgIpc) is 3.06. The number of carbonyl (C=O) groups excluding carboxylic acids is 1. The van der Waals surface area contributed by atoms with E-state index in [1.165, 1.54) is 25.7 Å². The molecule has 1 aliphatic carbocycles. The van der Waals surface area contributed by atoms with Gasteiger partial charge >= 0.3 is 0 Å². The Bertz CT molecular complexity index is 432. The van der Waals surface area contributed by atoms with Crippen molar-refractivity contribution in [1.82, 2.24) is 5.32 Å². The van der Waals surface area contributed by atoms with Crippen LogP contribution in [0.25, 0.3) is 0 Å². The van der Waals surface area contributed by atoms with Gasteiger partial charge in [0.2, 0.25) is 0 Å². The smallest absolute Gasteiger partial charge is 0.251 e. The summed E-state index contributed by atoms with van der Waals surface area (Å²) >= 11 is 3.43. The molecule has 0 unspecified atom stereocenters. The zero-order valence-corrected chi connectivity index (χ0v) is 12.6. The summed E-state index contributed by atoms with van der Waals surface area (Å²) in [4.78, 5) is 12.1. The van der Waals surface area contributed by atoms with Gasteiger partial charge < -0.3 is 5.32 Å². The fourth-order valence-corrected chi connectivity index (χ4v) is 3.07. The van der Waals surface area contributed by atoms with Crippen LogP contribution in [0.5, 0.6) is 0 Å². The Hall–Kier alpha value is -0.830. The summed E-state index contributed by atoms with van der Waals surface area (Å²) in [6.45, 7) is 5.03. The number of hydrogen-bond donors (Lipinski definition) is 1. The third-order valence-corrected chi connectivity index (χ3v) is 4.12. The molecule has 1 amide bonds. The molecule has 0 spiro atoms. The molecule has 0 radical (unpaired) electrons. The second-order valence-electron chi connectivity index (χ2n) is 5.45. The first-order chi connectivity index (χ1) is 8.54. The summed E-state index contributed by atoms with van der Waals surface area (Å²) in [6.07, 6.45) is 4.95. The van der Waals surface area contributed by atoms with Crippen LogP contribution in [0.2, 0.25) is 0 Å². The molecule has 0 bridgehead atoms. The summed E-state index contributed by atoms with van der Waals surface area (Å²) < 4.78 is 0.961. The lowest BCUT2D eigenvalue weighted by Crippen LogP contribution is -2.30. The Morgan fingerprint density at radius 2 is 2.11 bits per heavy atom. The highest BCUT2D eigenvalue weighted by atomic mass is 79.9. The van der Waals surface area contributed by atoms with Gasteiger partial charge in [0.05, 0.1) is 0 Å². The van der Waals surface area contributed by atoms with Gasteiger partial charge in [-0.2, -0.15) is 0 Å². The molecule has 1 aliphatic rings. The van der Waals surface area contributed by atoms with Crippen LogP contribution < -0.4 is 5.32 Å². The molecule has 0 heterocycles. The normalized spacial score (nSPS) is 16.4. The third kappa shape index (κ3) is 3.35.